The zero-order chi connectivity index (χ0) is 18.6. The fourth-order valence-electron chi connectivity index (χ4n) is 4.29. The van der Waals surface area contributed by atoms with Crippen molar-refractivity contribution in [1.82, 2.24) is 9.80 Å². The highest BCUT2D eigenvalue weighted by Gasteiger charge is 2.39. The Hall–Kier alpha value is -1.39. The summed E-state index contributed by atoms with van der Waals surface area (Å²) in [4.78, 5) is 17.8. The molecule has 4 heteroatoms. The maximum Gasteiger partial charge on any atom is 0.323 e. The third kappa shape index (κ3) is 5.08. The second kappa shape index (κ2) is 8.53. The molecule has 0 aromatic heterocycles. The van der Waals surface area contributed by atoms with Crippen LogP contribution in [0.5, 0.6) is 0 Å². The molecule has 2 fully saturated rings. The van der Waals surface area contributed by atoms with Crippen LogP contribution in [-0.4, -0.2) is 55.0 Å². The molecule has 4 nitrogen and oxygen atoms in total. The Morgan fingerprint density at radius 2 is 1.73 bits per heavy atom. The summed E-state index contributed by atoms with van der Waals surface area (Å²) >= 11 is 0. The molecule has 3 rings (SSSR count). The van der Waals surface area contributed by atoms with Crippen molar-refractivity contribution in [3.8, 4) is 0 Å². The van der Waals surface area contributed by atoms with Gasteiger partial charge in [0.05, 0.1) is 0 Å². The zero-order valence-corrected chi connectivity index (χ0v) is 16.6. The largest absolute Gasteiger partial charge is 0.460 e. The number of esters is 1. The standard InChI is InChI=1S/C22H34N2O2/c1-22(2)11-9-19(10-12-22)20(24-15-13-23(3)14-16-24)21(25)26-17-18-7-5-4-6-8-18/h4-8,19-20H,9-17H2,1-3H3. The summed E-state index contributed by atoms with van der Waals surface area (Å²) in [5.74, 6) is 0.401. The van der Waals surface area contributed by atoms with Crippen LogP contribution in [0.1, 0.15) is 45.1 Å². The van der Waals surface area contributed by atoms with Crippen molar-refractivity contribution >= 4 is 5.97 Å². The number of rotatable bonds is 5. The van der Waals surface area contributed by atoms with Crippen molar-refractivity contribution in [2.45, 2.75) is 52.2 Å². The van der Waals surface area contributed by atoms with E-state index in [1.165, 1.54) is 12.8 Å². The highest BCUT2D eigenvalue weighted by atomic mass is 16.5. The number of carbonyl (C=O) groups is 1. The Bertz CT molecular complexity index is 569. The molecule has 0 bridgehead atoms. The molecule has 26 heavy (non-hydrogen) atoms. The zero-order valence-electron chi connectivity index (χ0n) is 16.6. The number of hydrogen-bond donors (Lipinski definition) is 0. The molecule has 2 aliphatic rings. The van der Waals surface area contributed by atoms with Gasteiger partial charge in [-0.05, 0) is 49.6 Å². The third-order valence-electron chi connectivity index (χ3n) is 6.23. The van der Waals surface area contributed by atoms with Crippen molar-refractivity contribution in [3.63, 3.8) is 0 Å². The summed E-state index contributed by atoms with van der Waals surface area (Å²) in [6.45, 7) is 9.05. The van der Waals surface area contributed by atoms with Crippen LogP contribution in [0.15, 0.2) is 30.3 Å². The number of ether oxygens (including phenoxy) is 1. The topological polar surface area (TPSA) is 32.8 Å². The second-order valence-corrected chi connectivity index (χ2v) is 8.88. The molecule has 1 aliphatic carbocycles. The molecule has 0 spiro atoms. The van der Waals surface area contributed by atoms with Crippen LogP contribution in [0.4, 0.5) is 0 Å². The van der Waals surface area contributed by atoms with Crippen molar-refractivity contribution < 1.29 is 9.53 Å². The lowest BCUT2D eigenvalue weighted by Gasteiger charge is -2.43. The summed E-state index contributed by atoms with van der Waals surface area (Å²) in [5, 5.41) is 0. The molecule has 144 valence electrons. The molecule has 0 N–H and O–H groups in total. The smallest absolute Gasteiger partial charge is 0.323 e. The number of carbonyl (C=O) groups excluding carboxylic acids is 1. The highest BCUT2D eigenvalue weighted by Crippen LogP contribution is 2.40. The number of hydrogen-bond acceptors (Lipinski definition) is 4. The van der Waals surface area contributed by atoms with E-state index in [-0.39, 0.29) is 12.0 Å². The molecule has 1 aliphatic heterocycles. The van der Waals surface area contributed by atoms with Crippen LogP contribution in [0.3, 0.4) is 0 Å². The number of likely N-dealkylation sites (N-methyl/N-ethyl adjacent to an activating group) is 1. The molecular weight excluding hydrogens is 324 g/mol. The van der Waals surface area contributed by atoms with Crippen molar-refractivity contribution in [2.75, 3.05) is 33.2 Å². The average Bonchev–Trinajstić information content (AvgIpc) is 2.64. The first-order valence-electron chi connectivity index (χ1n) is 10.1. The monoisotopic (exact) mass is 358 g/mol. The van der Waals surface area contributed by atoms with Crippen molar-refractivity contribution in [3.05, 3.63) is 35.9 Å². The lowest BCUT2D eigenvalue weighted by atomic mass is 9.71. The number of benzene rings is 1. The molecule has 1 heterocycles. The first kappa shape index (κ1) is 19.4. The molecule has 0 amide bonds. The fraction of sp³-hybridized carbons (Fsp3) is 0.682. The molecule has 0 radical (unpaired) electrons. The van der Waals surface area contributed by atoms with E-state index in [0.717, 1.165) is 44.6 Å². The number of nitrogens with zero attached hydrogens (tertiary/aromatic N) is 2. The minimum Gasteiger partial charge on any atom is -0.460 e. The number of piperazine rings is 1. The lowest BCUT2D eigenvalue weighted by Crippen LogP contribution is -2.55. The predicted octanol–water partition coefficient (Wildman–Crippen LogP) is 3.56. The van der Waals surface area contributed by atoms with Gasteiger partial charge >= 0.3 is 5.97 Å². The Morgan fingerprint density at radius 1 is 1.12 bits per heavy atom. The van der Waals surface area contributed by atoms with Crippen LogP contribution in [0.25, 0.3) is 0 Å². The van der Waals surface area contributed by atoms with E-state index in [0.29, 0.717) is 17.9 Å². The van der Waals surface area contributed by atoms with Crippen LogP contribution in [0.2, 0.25) is 0 Å². The fourth-order valence-corrected chi connectivity index (χ4v) is 4.29. The Morgan fingerprint density at radius 3 is 2.35 bits per heavy atom. The molecule has 1 unspecified atom stereocenters. The van der Waals surface area contributed by atoms with Gasteiger partial charge in [0.25, 0.3) is 0 Å². The van der Waals surface area contributed by atoms with E-state index in [4.69, 9.17) is 4.74 Å². The summed E-state index contributed by atoms with van der Waals surface area (Å²) in [5.41, 5.74) is 1.47. The molecule has 1 aromatic carbocycles. The van der Waals surface area contributed by atoms with E-state index in [1.807, 2.05) is 30.3 Å². The van der Waals surface area contributed by atoms with Gasteiger partial charge in [-0.25, -0.2) is 0 Å². The lowest BCUT2D eigenvalue weighted by molar-refractivity contribution is -0.155. The van der Waals surface area contributed by atoms with Gasteiger partial charge in [-0.3, -0.25) is 9.69 Å². The summed E-state index contributed by atoms with van der Waals surface area (Å²) in [6, 6.07) is 9.92. The minimum absolute atomic E-state index is 0.0249. The summed E-state index contributed by atoms with van der Waals surface area (Å²) < 4.78 is 5.78. The molecule has 1 saturated carbocycles. The normalized spacial score (nSPS) is 23.5. The first-order chi connectivity index (χ1) is 12.4. The highest BCUT2D eigenvalue weighted by molar-refractivity contribution is 5.76. The van der Waals surface area contributed by atoms with Gasteiger partial charge in [-0.2, -0.15) is 0 Å². The van der Waals surface area contributed by atoms with Crippen molar-refractivity contribution in [2.24, 2.45) is 11.3 Å². The maximum absolute atomic E-state index is 13.1. The maximum atomic E-state index is 13.1. The Kier molecular flexibility index (Phi) is 6.36. The van der Waals surface area contributed by atoms with Gasteiger partial charge < -0.3 is 9.64 Å². The van der Waals surface area contributed by atoms with Gasteiger partial charge in [0.2, 0.25) is 0 Å². The minimum atomic E-state index is -0.0801. The van der Waals surface area contributed by atoms with Crippen LogP contribution in [0, 0.1) is 11.3 Å². The van der Waals surface area contributed by atoms with Crippen LogP contribution in [-0.2, 0) is 16.1 Å². The summed E-state index contributed by atoms with van der Waals surface area (Å²) in [6.07, 6.45) is 4.66. The quantitative estimate of drug-likeness (QED) is 0.754. The predicted molar refractivity (Wildman–Crippen MR) is 105 cm³/mol. The van der Waals surface area contributed by atoms with Gasteiger partial charge in [0, 0.05) is 26.2 Å². The summed E-state index contributed by atoms with van der Waals surface area (Å²) in [7, 11) is 2.16. The van der Waals surface area contributed by atoms with E-state index < -0.39 is 0 Å². The van der Waals surface area contributed by atoms with E-state index in [9.17, 15) is 4.79 Å². The van der Waals surface area contributed by atoms with Gasteiger partial charge in [-0.1, -0.05) is 44.2 Å². The van der Waals surface area contributed by atoms with Gasteiger partial charge in [0.1, 0.15) is 12.6 Å². The SMILES string of the molecule is CN1CCN(C(C(=O)OCc2ccccc2)C2CCC(C)(C)CC2)CC1. The van der Waals surface area contributed by atoms with Crippen LogP contribution < -0.4 is 0 Å². The van der Waals surface area contributed by atoms with E-state index >= 15 is 0 Å². The van der Waals surface area contributed by atoms with Gasteiger partial charge in [-0.15, -0.1) is 0 Å². The third-order valence-corrected chi connectivity index (χ3v) is 6.23. The molecular formula is C22H34N2O2. The van der Waals surface area contributed by atoms with E-state index in [2.05, 4.69) is 30.7 Å². The average molecular weight is 359 g/mol. The van der Waals surface area contributed by atoms with Crippen LogP contribution >= 0.6 is 0 Å². The molecule has 1 aromatic rings. The Labute approximate surface area is 158 Å². The van der Waals surface area contributed by atoms with Crippen molar-refractivity contribution in [1.29, 1.82) is 0 Å². The molecule has 1 saturated heterocycles. The molecule has 1 atom stereocenters. The van der Waals surface area contributed by atoms with Gasteiger partial charge in [0.15, 0.2) is 0 Å². The van der Waals surface area contributed by atoms with E-state index in [1.54, 1.807) is 0 Å². The Balaban J connectivity index is 1.66. The first-order valence-corrected chi connectivity index (χ1v) is 10.1. The second-order valence-electron chi connectivity index (χ2n) is 8.88.